The second-order valence-corrected chi connectivity index (χ2v) is 5.40. The molecule has 0 aliphatic rings. The van der Waals surface area contributed by atoms with E-state index in [9.17, 15) is 0 Å². The van der Waals surface area contributed by atoms with Crippen LogP contribution in [0.3, 0.4) is 0 Å². The zero-order chi connectivity index (χ0) is 11.5. The number of nitrogens with two attached hydrogens (primary N) is 1. The van der Waals surface area contributed by atoms with Gasteiger partial charge in [0.05, 0.1) is 0 Å². The highest BCUT2D eigenvalue weighted by molar-refractivity contribution is 5.26. The van der Waals surface area contributed by atoms with Gasteiger partial charge < -0.3 is 10.8 Å². The molecule has 0 bridgehead atoms. The minimum absolute atomic E-state index is 0.189. The van der Waals surface area contributed by atoms with Crippen LogP contribution in [0.1, 0.15) is 32.8 Å². The van der Waals surface area contributed by atoms with Crippen LogP contribution < -0.4 is 5.73 Å². The Balaban J connectivity index is 2.51. The van der Waals surface area contributed by atoms with Gasteiger partial charge in [0.1, 0.15) is 5.75 Å². The first-order chi connectivity index (χ1) is 6.87. The van der Waals surface area contributed by atoms with Gasteiger partial charge in [-0.1, -0.05) is 32.9 Å². The van der Waals surface area contributed by atoms with Crippen molar-refractivity contribution in [2.24, 2.45) is 11.1 Å². The number of phenols is 1. The molecule has 0 radical (unpaired) electrons. The van der Waals surface area contributed by atoms with Gasteiger partial charge in [-0.3, -0.25) is 0 Å². The van der Waals surface area contributed by atoms with E-state index in [0.29, 0.717) is 5.75 Å². The number of benzene rings is 1. The zero-order valence-corrected chi connectivity index (χ0v) is 9.83. The number of hydrogen-bond donors (Lipinski definition) is 2. The van der Waals surface area contributed by atoms with Crippen LogP contribution in [0.25, 0.3) is 0 Å². The van der Waals surface area contributed by atoms with Gasteiger partial charge in [-0.25, -0.2) is 0 Å². The van der Waals surface area contributed by atoms with Crippen molar-refractivity contribution < 1.29 is 5.11 Å². The molecule has 0 saturated carbocycles. The Morgan fingerprint density at radius 2 is 1.73 bits per heavy atom. The van der Waals surface area contributed by atoms with Crippen molar-refractivity contribution in [3.8, 4) is 5.75 Å². The van der Waals surface area contributed by atoms with Gasteiger partial charge in [-0.15, -0.1) is 0 Å². The number of aromatic hydroxyl groups is 1. The lowest BCUT2D eigenvalue weighted by atomic mass is 9.86. The van der Waals surface area contributed by atoms with Gasteiger partial charge in [0.2, 0.25) is 0 Å². The Hall–Kier alpha value is -1.02. The molecule has 0 aliphatic carbocycles. The quantitative estimate of drug-likeness (QED) is 0.800. The Labute approximate surface area is 92.1 Å². The fourth-order valence-corrected chi connectivity index (χ4v) is 1.79. The standard InChI is InChI=1S/C13H21NO/c1-13(2,3)9-11(14)8-10-4-6-12(15)7-5-10/h4-7,11,15H,8-9,14H2,1-3H3/t11-/m0/s1. The Morgan fingerprint density at radius 3 is 2.20 bits per heavy atom. The molecule has 3 N–H and O–H groups in total. The molecule has 0 unspecified atom stereocenters. The van der Waals surface area contributed by atoms with Gasteiger partial charge in [0, 0.05) is 6.04 Å². The molecule has 0 fully saturated rings. The maximum absolute atomic E-state index is 9.15. The lowest BCUT2D eigenvalue weighted by molar-refractivity contribution is 0.338. The summed E-state index contributed by atoms with van der Waals surface area (Å²) in [6.07, 6.45) is 1.88. The monoisotopic (exact) mass is 207 g/mol. The van der Waals surface area contributed by atoms with Gasteiger partial charge in [-0.05, 0) is 36.0 Å². The zero-order valence-electron chi connectivity index (χ0n) is 9.83. The summed E-state index contributed by atoms with van der Waals surface area (Å²) < 4.78 is 0. The molecular weight excluding hydrogens is 186 g/mol. The molecule has 0 aromatic heterocycles. The third-order valence-corrected chi connectivity index (χ3v) is 2.31. The van der Waals surface area contributed by atoms with Crippen LogP contribution >= 0.6 is 0 Å². The minimum Gasteiger partial charge on any atom is -0.508 e. The summed E-state index contributed by atoms with van der Waals surface area (Å²) in [5.41, 5.74) is 7.53. The van der Waals surface area contributed by atoms with Crippen LogP contribution in [0.2, 0.25) is 0 Å². The maximum atomic E-state index is 9.15. The highest BCUT2D eigenvalue weighted by Gasteiger charge is 2.15. The number of rotatable bonds is 3. The molecule has 0 saturated heterocycles. The molecular formula is C13H21NO. The van der Waals surface area contributed by atoms with E-state index in [0.717, 1.165) is 12.8 Å². The molecule has 0 amide bonds. The topological polar surface area (TPSA) is 46.2 Å². The largest absolute Gasteiger partial charge is 0.508 e. The van der Waals surface area contributed by atoms with Crippen molar-refractivity contribution in [3.05, 3.63) is 29.8 Å². The van der Waals surface area contributed by atoms with E-state index >= 15 is 0 Å². The smallest absolute Gasteiger partial charge is 0.115 e. The van der Waals surface area contributed by atoms with Gasteiger partial charge in [-0.2, -0.15) is 0 Å². The lowest BCUT2D eigenvalue weighted by Gasteiger charge is -2.23. The summed E-state index contributed by atoms with van der Waals surface area (Å²) in [4.78, 5) is 0. The summed E-state index contributed by atoms with van der Waals surface area (Å²) >= 11 is 0. The number of phenolic OH excluding ortho intramolecular Hbond substituents is 1. The Kier molecular flexibility index (Phi) is 3.75. The van der Waals surface area contributed by atoms with Crippen molar-refractivity contribution in [3.63, 3.8) is 0 Å². The van der Waals surface area contributed by atoms with Crippen LogP contribution in [-0.4, -0.2) is 11.1 Å². The molecule has 1 atom stereocenters. The average molecular weight is 207 g/mol. The molecule has 1 aromatic rings. The summed E-state index contributed by atoms with van der Waals surface area (Å²) in [5.74, 6) is 0.308. The summed E-state index contributed by atoms with van der Waals surface area (Å²) in [7, 11) is 0. The normalized spacial score (nSPS) is 13.9. The SMILES string of the molecule is CC(C)(C)C[C@@H](N)Cc1ccc(O)cc1. The summed E-state index contributed by atoms with van der Waals surface area (Å²) in [6, 6.07) is 7.46. The van der Waals surface area contributed by atoms with Crippen molar-refractivity contribution >= 4 is 0 Å². The van der Waals surface area contributed by atoms with E-state index in [4.69, 9.17) is 10.8 Å². The van der Waals surface area contributed by atoms with Crippen LogP contribution in [0.4, 0.5) is 0 Å². The summed E-state index contributed by atoms with van der Waals surface area (Å²) in [5, 5.41) is 9.15. The van der Waals surface area contributed by atoms with E-state index < -0.39 is 0 Å². The van der Waals surface area contributed by atoms with Crippen LogP contribution in [0.5, 0.6) is 5.75 Å². The van der Waals surface area contributed by atoms with Crippen molar-refractivity contribution in [2.75, 3.05) is 0 Å². The number of hydrogen-bond acceptors (Lipinski definition) is 2. The molecule has 0 heterocycles. The Bertz CT molecular complexity index is 297. The highest BCUT2D eigenvalue weighted by Crippen LogP contribution is 2.21. The molecule has 0 aliphatic heterocycles. The molecule has 0 spiro atoms. The van der Waals surface area contributed by atoms with E-state index in [1.807, 2.05) is 12.1 Å². The molecule has 15 heavy (non-hydrogen) atoms. The van der Waals surface area contributed by atoms with Crippen LogP contribution in [0.15, 0.2) is 24.3 Å². The first kappa shape index (κ1) is 12.1. The Morgan fingerprint density at radius 1 is 1.20 bits per heavy atom. The lowest BCUT2D eigenvalue weighted by Crippen LogP contribution is -2.28. The molecule has 2 nitrogen and oxygen atoms in total. The van der Waals surface area contributed by atoms with E-state index in [-0.39, 0.29) is 11.5 Å². The third kappa shape index (κ3) is 4.84. The fraction of sp³-hybridized carbons (Fsp3) is 0.538. The van der Waals surface area contributed by atoms with Crippen molar-refractivity contribution in [2.45, 2.75) is 39.7 Å². The van der Waals surface area contributed by atoms with Crippen molar-refractivity contribution in [1.29, 1.82) is 0 Å². The second kappa shape index (κ2) is 4.67. The second-order valence-electron chi connectivity index (χ2n) is 5.40. The van der Waals surface area contributed by atoms with Gasteiger partial charge in [0.25, 0.3) is 0 Å². The highest BCUT2D eigenvalue weighted by atomic mass is 16.3. The molecule has 84 valence electrons. The van der Waals surface area contributed by atoms with Gasteiger partial charge in [0.15, 0.2) is 0 Å². The predicted molar refractivity (Wildman–Crippen MR) is 63.9 cm³/mol. The first-order valence-electron chi connectivity index (χ1n) is 5.40. The molecule has 1 rings (SSSR count). The molecule has 2 heteroatoms. The average Bonchev–Trinajstić information content (AvgIpc) is 2.05. The van der Waals surface area contributed by atoms with Crippen LogP contribution in [0, 0.1) is 5.41 Å². The third-order valence-electron chi connectivity index (χ3n) is 2.31. The first-order valence-corrected chi connectivity index (χ1v) is 5.40. The fourth-order valence-electron chi connectivity index (χ4n) is 1.79. The van der Waals surface area contributed by atoms with E-state index in [1.54, 1.807) is 12.1 Å². The van der Waals surface area contributed by atoms with Crippen molar-refractivity contribution in [1.82, 2.24) is 0 Å². The predicted octanol–water partition coefficient (Wildman–Crippen LogP) is 2.70. The van der Waals surface area contributed by atoms with Crippen LogP contribution in [-0.2, 0) is 6.42 Å². The van der Waals surface area contributed by atoms with Gasteiger partial charge >= 0.3 is 0 Å². The van der Waals surface area contributed by atoms with E-state index in [2.05, 4.69) is 20.8 Å². The maximum Gasteiger partial charge on any atom is 0.115 e. The minimum atomic E-state index is 0.189. The molecule has 1 aromatic carbocycles. The van der Waals surface area contributed by atoms with E-state index in [1.165, 1.54) is 5.56 Å². The summed E-state index contributed by atoms with van der Waals surface area (Å²) in [6.45, 7) is 6.59.